The minimum absolute atomic E-state index is 0.0473. The first-order valence-electron chi connectivity index (χ1n) is 9.52. The van der Waals surface area contributed by atoms with Crippen molar-refractivity contribution in [2.45, 2.75) is 64.7 Å². The third-order valence-electron chi connectivity index (χ3n) is 4.17. The van der Waals surface area contributed by atoms with Gasteiger partial charge in [-0.1, -0.05) is 27.7 Å². The van der Waals surface area contributed by atoms with Gasteiger partial charge in [-0.15, -0.1) is 0 Å². The summed E-state index contributed by atoms with van der Waals surface area (Å²) in [6.07, 6.45) is -0.661. The number of aliphatic carboxylic acids is 2. The van der Waals surface area contributed by atoms with Crippen molar-refractivity contribution in [3.05, 3.63) is 0 Å². The summed E-state index contributed by atoms with van der Waals surface area (Å²) in [5.74, 6) is -5.73. The van der Waals surface area contributed by atoms with Gasteiger partial charge in [-0.2, -0.15) is 0 Å². The van der Waals surface area contributed by atoms with Crippen molar-refractivity contribution >= 4 is 29.7 Å². The molecular weight excluding hydrogens is 400 g/mol. The lowest BCUT2D eigenvalue weighted by atomic mass is 10.0. The van der Waals surface area contributed by atoms with Gasteiger partial charge in [0.15, 0.2) is 0 Å². The van der Waals surface area contributed by atoms with Crippen molar-refractivity contribution in [1.29, 1.82) is 0 Å². The van der Waals surface area contributed by atoms with Crippen LogP contribution in [0.3, 0.4) is 0 Å². The van der Waals surface area contributed by atoms with Gasteiger partial charge in [-0.3, -0.25) is 19.2 Å². The van der Waals surface area contributed by atoms with Crippen molar-refractivity contribution in [3.8, 4) is 0 Å². The Morgan fingerprint density at radius 3 is 1.67 bits per heavy atom. The average molecular weight is 432 g/mol. The van der Waals surface area contributed by atoms with Crippen LogP contribution in [0.4, 0.5) is 0 Å². The minimum Gasteiger partial charge on any atom is -0.481 e. The van der Waals surface area contributed by atoms with Gasteiger partial charge >= 0.3 is 11.9 Å². The van der Waals surface area contributed by atoms with Crippen molar-refractivity contribution in [1.82, 2.24) is 16.0 Å². The Bertz CT molecular complexity index is 638. The van der Waals surface area contributed by atoms with Crippen LogP contribution >= 0.6 is 0 Å². The van der Waals surface area contributed by atoms with Crippen LogP contribution < -0.4 is 21.7 Å². The normalized spacial score (nSPS) is 15.1. The molecule has 3 amide bonds. The van der Waals surface area contributed by atoms with E-state index in [1.807, 2.05) is 0 Å². The van der Waals surface area contributed by atoms with Crippen LogP contribution in [-0.4, -0.2) is 75.8 Å². The van der Waals surface area contributed by atoms with E-state index in [9.17, 15) is 34.2 Å². The van der Waals surface area contributed by atoms with Crippen LogP contribution in [0.25, 0.3) is 0 Å². The predicted octanol–water partition coefficient (Wildman–Crippen LogP) is -1.98. The van der Waals surface area contributed by atoms with E-state index in [1.165, 1.54) is 0 Å². The molecule has 0 aromatic carbocycles. The number of carboxylic acid groups (broad SMARTS) is 2. The number of aliphatic hydroxyl groups excluding tert-OH is 1. The van der Waals surface area contributed by atoms with Gasteiger partial charge in [-0.05, 0) is 18.3 Å². The van der Waals surface area contributed by atoms with E-state index in [4.69, 9.17) is 10.8 Å². The highest BCUT2D eigenvalue weighted by molar-refractivity contribution is 5.95. The lowest BCUT2D eigenvalue weighted by molar-refractivity contribution is -0.144. The van der Waals surface area contributed by atoms with Gasteiger partial charge in [0.1, 0.15) is 18.1 Å². The third kappa shape index (κ3) is 9.65. The van der Waals surface area contributed by atoms with Crippen LogP contribution in [-0.2, 0) is 24.0 Å². The highest BCUT2D eigenvalue weighted by atomic mass is 16.4. The van der Waals surface area contributed by atoms with E-state index in [2.05, 4.69) is 16.0 Å². The number of carbonyl (C=O) groups excluding carboxylic acids is 3. The molecule has 0 spiro atoms. The first-order chi connectivity index (χ1) is 13.8. The van der Waals surface area contributed by atoms with Gasteiger partial charge in [-0.25, -0.2) is 4.79 Å². The molecule has 0 fully saturated rings. The zero-order chi connectivity index (χ0) is 23.6. The average Bonchev–Trinajstić information content (AvgIpc) is 2.62. The smallest absolute Gasteiger partial charge is 0.326 e. The molecular formula is C18H32N4O8. The number of rotatable bonds is 13. The molecule has 0 saturated carbocycles. The number of hydrogen-bond acceptors (Lipinski definition) is 7. The third-order valence-corrected chi connectivity index (χ3v) is 4.17. The molecule has 0 aliphatic rings. The van der Waals surface area contributed by atoms with Crippen LogP contribution in [0.2, 0.25) is 0 Å². The molecule has 12 heteroatoms. The van der Waals surface area contributed by atoms with Crippen molar-refractivity contribution < 1.29 is 39.3 Å². The van der Waals surface area contributed by atoms with Crippen molar-refractivity contribution in [3.63, 3.8) is 0 Å². The molecule has 30 heavy (non-hydrogen) atoms. The standard InChI is InChI=1S/C18H32N4O8/c1-8(2)5-11(18(29)30)21-16(27)12(7-23)22-15(26)10(6-13(24)25)20-17(28)14(19)9(3)4/h8-12,14,23H,5-7,19H2,1-4H3,(H,20,28)(H,21,27)(H,22,26)(H,24,25)(H,29,30). The summed E-state index contributed by atoms with van der Waals surface area (Å²) in [6, 6.07) is -5.31. The van der Waals surface area contributed by atoms with Crippen LogP contribution in [0.15, 0.2) is 0 Å². The first kappa shape index (κ1) is 27.3. The molecule has 4 atom stereocenters. The number of hydrogen-bond donors (Lipinski definition) is 7. The van der Waals surface area contributed by atoms with Gasteiger partial charge in [0.2, 0.25) is 17.7 Å². The van der Waals surface area contributed by atoms with Crippen LogP contribution in [0.5, 0.6) is 0 Å². The fourth-order valence-electron chi connectivity index (χ4n) is 2.39. The second-order valence-electron chi connectivity index (χ2n) is 7.70. The maximum Gasteiger partial charge on any atom is 0.326 e. The van der Waals surface area contributed by atoms with Crippen molar-refractivity contribution in [2.75, 3.05) is 6.61 Å². The van der Waals surface area contributed by atoms with Gasteiger partial charge in [0.25, 0.3) is 0 Å². The highest BCUT2D eigenvalue weighted by Gasteiger charge is 2.31. The zero-order valence-electron chi connectivity index (χ0n) is 17.5. The highest BCUT2D eigenvalue weighted by Crippen LogP contribution is 2.06. The summed E-state index contributed by atoms with van der Waals surface area (Å²) in [4.78, 5) is 59.2. The summed E-state index contributed by atoms with van der Waals surface area (Å²) in [7, 11) is 0. The van der Waals surface area contributed by atoms with Crippen LogP contribution in [0, 0.1) is 11.8 Å². The molecule has 172 valence electrons. The molecule has 0 aliphatic carbocycles. The molecule has 4 unspecified atom stereocenters. The van der Waals surface area contributed by atoms with E-state index in [-0.39, 0.29) is 18.3 Å². The second kappa shape index (κ2) is 12.8. The Morgan fingerprint density at radius 1 is 0.800 bits per heavy atom. The number of nitrogens with one attached hydrogen (secondary N) is 3. The maximum absolute atomic E-state index is 12.4. The second-order valence-corrected chi connectivity index (χ2v) is 7.70. The van der Waals surface area contributed by atoms with E-state index in [0.717, 1.165) is 0 Å². The molecule has 0 aromatic rings. The molecule has 0 saturated heterocycles. The maximum atomic E-state index is 12.4. The Hall–Kier alpha value is -2.73. The van der Waals surface area contributed by atoms with Crippen molar-refractivity contribution in [2.24, 2.45) is 17.6 Å². The summed E-state index contributed by atoms with van der Waals surface area (Å²) in [5.41, 5.74) is 5.69. The Labute approximate surface area is 174 Å². The topological polar surface area (TPSA) is 208 Å². The molecule has 0 bridgehead atoms. The Balaban J connectivity index is 5.27. The number of carboxylic acids is 2. The predicted molar refractivity (Wildman–Crippen MR) is 105 cm³/mol. The number of carbonyl (C=O) groups is 5. The molecule has 8 N–H and O–H groups in total. The lowest BCUT2D eigenvalue weighted by Crippen LogP contribution is -2.58. The monoisotopic (exact) mass is 432 g/mol. The van der Waals surface area contributed by atoms with E-state index in [0.29, 0.717) is 0 Å². The summed E-state index contributed by atoms with van der Waals surface area (Å²) >= 11 is 0. The molecule has 0 aliphatic heterocycles. The minimum atomic E-state index is -1.55. The molecule has 0 heterocycles. The summed E-state index contributed by atoms with van der Waals surface area (Å²) in [5, 5.41) is 34.2. The van der Waals surface area contributed by atoms with Crippen LogP contribution in [0.1, 0.15) is 40.5 Å². The van der Waals surface area contributed by atoms with Gasteiger partial charge in [0.05, 0.1) is 19.1 Å². The first-order valence-corrected chi connectivity index (χ1v) is 9.52. The number of nitrogens with two attached hydrogens (primary N) is 1. The molecule has 0 rings (SSSR count). The molecule has 0 aromatic heterocycles. The fraction of sp³-hybridized carbons (Fsp3) is 0.722. The van der Waals surface area contributed by atoms with E-state index in [1.54, 1.807) is 27.7 Å². The lowest BCUT2D eigenvalue weighted by Gasteiger charge is -2.24. The summed E-state index contributed by atoms with van der Waals surface area (Å²) < 4.78 is 0. The van der Waals surface area contributed by atoms with E-state index >= 15 is 0 Å². The molecule has 12 nitrogen and oxygen atoms in total. The van der Waals surface area contributed by atoms with E-state index < -0.39 is 66.9 Å². The number of amides is 3. The Morgan fingerprint density at radius 2 is 1.27 bits per heavy atom. The quantitative estimate of drug-likeness (QED) is 0.172. The zero-order valence-corrected chi connectivity index (χ0v) is 17.5. The Kier molecular flexibility index (Phi) is 11.6. The van der Waals surface area contributed by atoms with Gasteiger partial charge in [0, 0.05) is 0 Å². The number of aliphatic hydroxyl groups is 1. The van der Waals surface area contributed by atoms with Gasteiger partial charge < -0.3 is 37.0 Å². The SMILES string of the molecule is CC(C)CC(NC(=O)C(CO)NC(=O)C(CC(=O)O)NC(=O)C(N)C(C)C)C(=O)O. The fourth-order valence-corrected chi connectivity index (χ4v) is 2.39. The largest absolute Gasteiger partial charge is 0.481 e. The molecule has 0 radical (unpaired) electrons. The summed E-state index contributed by atoms with van der Waals surface area (Å²) in [6.45, 7) is 5.98.